The summed E-state index contributed by atoms with van der Waals surface area (Å²) in [6.07, 6.45) is 0. The lowest BCUT2D eigenvalue weighted by molar-refractivity contribution is 0.383. The Morgan fingerprint density at radius 3 is 2.62 bits per heavy atom. The zero-order chi connectivity index (χ0) is 11.7. The first-order valence-corrected chi connectivity index (χ1v) is 4.68. The van der Waals surface area contributed by atoms with Gasteiger partial charge < -0.3 is 15.0 Å². The fourth-order valence-electron chi connectivity index (χ4n) is 1.56. The van der Waals surface area contributed by atoms with Crippen LogP contribution in [-0.4, -0.2) is 12.3 Å². The minimum absolute atomic E-state index is 0.198. The number of ether oxygens (including phenoxy) is 1. The van der Waals surface area contributed by atoms with Crippen LogP contribution >= 0.6 is 0 Å². The highest BCUT2D eigenvalue weighted by atomic mass is 19.1. The maximum Gasteiger partial charge on any atom is 0.222 e. The van der Waals surface area contributed by atoms with Gasteiger partial charge in [-0.3, -0.25) is 0 Å². The standard InChI is InChI=1S/C11H11FN2O2/c1-6-3-7(4-8(12)11(6)15-2)9-5-10(13)16-14-9/h3-5H,13H2,1-2H3. The fraction of sp³-hybridized carbons (Fsp3) is 0.182. The molecule has 0 amide bonds. The van der Waals surface area contributed by atoms with Crippen molar-refractivity contribution in [3.05, 3.63) is 29.6 Å². The molecule has 1 aromatic carbocycles. The zero-order valence-electron chi connectivity index (χ0n) is 8.95. The number of nitrogens with zero attached hydrogens (tertiary/aromatic N) is 1. The molecule has 0 saturated carbocycles. The Labute approximate surface area is 91.8 Å². The van der Waals surface area contributed by atoms with Crippen LogP contribution in [0.4, 0.5) is 10.3 Å². The van der Waals surface area contributed by atoms with Crippen molar-refractivity contribution < 1.29 is 13.7 Å². The third kappa shape index (κ3) is 1.71. The van der Waals surface area contributed by atoms with Gasteiger partial charge in [0.1, 0.15) is 5.69 Å². The van der Waals surface area contributed by atoms with Gasteiger partial charge in [-0.25, -0.2) is 4.39 Å². The number of hydrogen-bond acceptors (Lipinski definition) is 4. The number of aromatic nitrogens is 1. The lowest BCUT2D eigenvalue weighted by Crippen LogP contribution is -1.93. The number of rotatable bonds is 2. The number of benzene rings is 1. The molecule has 0 fully saturated rings. The molecule has 0 atom stereocenters. The Kier molecular flexibility index (Phi) is 2.52. The minimum Gasteiger partial charge on any atom is -0.493 e. The Balaban J connectivity index is 2.52. The molecule has 0 aliphatic carbocycles. The Morgan fingerprint density at radius 2 is 2.12 bits per heavy atom. The van der Waals surface area contributed by atoms with Crippen molar-refractivity contribution in [2.75, 3.05) is 12.8 Å². The summed E-state index contributed by atoms with van der Waals surface area (Å²) in [5.41, 5.74) is 7.20. The number of halogens is 1. The van der Waals surface area contributed by atoms with E-state index in [1.165, 1.54) is 13.2 Å². The van der Waals surface area contributed by atoms with Crippen LogP contribution in [0.3, 0.4) is 0 Å². The lowest BCUT2D eigenvalue weighted by Gasteiger charge is -2.07. The molecule has 2 rings (SSSR count). The molecule has 84 valence electrons. The highest BCUT2D eigenvalue weighted by molar-refractivity contribution is 5.63. The van der Waals surface area contributed by atoms with Gasteiger partial charge in [0.05, 0.1) is 7.11 Å². The summed E-state index contributed by atoms with van der Waals surface area (Å²) in [6.45, 7) is 1.76. The average Bonchev–Trinajstić information content (AvgIpc) is 2.64. The van der Waals surface area contributed by atoms with E-state index in [9.17, 15) is 4.39 Å². The molecule has 0 saturated heterocycles. The van der Waals surface area contributed by atoms with E-state index in [0.717, 1.165) is 0 Å². The highest BCUT2D eigenvalue weighted by Crippen LogP contribution is 2.29. The lowest BCUT2D eigenvalue weighted by atomic mass is 10.1. The van der Waals surface area contributed by atoms with E-state index in [4.69, 9.17) is 15.0 Å². The number of hydrogen-bond donors (Lipinski definition) is 1. The van der Waals surface area contributed by atoms with Crippen molar-refractivity contribution in [2.24, 2.45) is 0 Å². The average molecular weight is 222 g/mol. The summed E-state index contributed by atoms with van der Waals surface area (Å²) in [6, 6.07) is 4.64. The predicted molar refractivity (Wildman–Crippen MR) is 57.6 cm³/mol. The smallest absolute Gasteiger partial charge is 0.222 e. The van der Waals surface area contributed by atoms with Crippen molar-refractivity contribution in [2.45, 2.75) is 6.92 Å². The zero-order valence-corrected chi connectivity index (χ0v) is 8.95. The van der Waals surface area contributed by atoms with Crippen LogP contribution in [0.1, 0.15) is 5.56 Å². The molecule has 0 bridgehead atoms. The third-order valence-electron chi connectivity index (χ3n) is 2.26. The third-order valence-corrected chi connectivity index (χ3v) is 2.26. The quantitative estimate of drug-likeness (QED) is 0.847. The van der Waals surface area contributed by atoms with Gasteiger partial charge in [-0.1, -0.05) is 5.16 Å². The molecule has 2 aromatic rings. The van der Waals surface area contributed by atoms with Crippen LogP contribution in [0.5, 0.6) is 5.75 Å². The number of anilines is 1. The largest absolute Gasteiger partial charge is 0.493 e. The second kappa shape index (κ2) is 3.84. The SMILES string of the molecule is COc1c(C)cc(-c2cc(N)on2)cc1F. The maximum absolute atomic E-state index is 13.6. The van der Waals surface area contributed by atoms with Crippen LogP contribution < -0.4 is 10.5 Å². The van der Waals surface area contributed by atoms with Gasteiger partial charge in [0, 0.05) is 11.6 Å². The number of aryl methyl sites for hydroxylation is 1. The number of nitrogens with two attached hydrogens (primary N) is 1. The van der Waals surface area contributed by atoms with Crippen LogP contribution in [0, 0.1) is 12.7 Å². The number of nitrogen functional groups attached to an aromatic ring is 1. The first-order chi connectivity index (χ1) is 7.61. The van der Waals surface area contributed by atoms with Crippen molar-refractivity contribution in [1.29, 1.82) is 0 Å². The van der Waals surface area contributed by atoms with E-state index < -0.39 is 5.82 Å². The molecule has 2 N–H and O–H groups in total. The molecular weight excluding hydrogens is 211 g/mol. The topological polar surface area (TPSA) is 61.3 Å². The van der Waals surface area contributed by atoms with E-state index in [2.05, 4.69) is 5.16 Å². The summed E-state index contributed by atoms with van der Waals surface area (Å²) in [5, 5.41) is 3.72. The van der Waals surface area contributed by atoms with E-state index in [1.54, 1.807) is 19.1 Å². The molecule has 16 heavy (non-hydrogen) atoms. The first-order valence-electron chi connectivity index (χ1n) is 4.68. The molecule has 0 aliphatic rings. The monoisotopic (exact) mass is 222 g/mol. The molecule has 0 spiro atoms. The molecule has 0 radical (unpaired) electrons. The summed E-state index contributed by atoms with van der Waals surface area (Å²) < 4.78 is 23.2. The Morgan fingerprint density at radius 1 is 1.38 bits per heavy atom. The van der Waals surface area contributed by atoms with Crippen LogP contribution in [-0.2, 0) is 0 Å². The summed E-state index contributed by atoms with van der Waals surface area (Å²) in [5.74, 6) is 0.00293. The molecule has 0 unspecified atom stereocenters. The summed E-state index contributed by atoms with van der Waals surface area (Å²) in [7, 11) is 1.43. The van der Waals surface area contributed by atoms with Crippen molar-refractivity contribution >= 4 is 5.88 Å². The van der Waals surface area contributed by atoms with Gasteiger partial charge in [0.15, 0.2) is 11.6 Å². The number of methoxy groups -OCH3 is 1. The molecule has 1 heterocycles. The van der Waals surface area contributed by atoms with Crippen molar-refractivity contribution in [3.63, 3.8) is 0 Å². The van der Waals surface area contributed by atoms with E-state index >= 15 is 0 Å². The van der Waals surface area contributed by atoms with E-state index in [-0.39, 0.29) is 11.6 Å². The van der Waals surface area contributed by atoms with Crippen molar-refractivity contribution in [1.82, 2.24) is 5.16 Å². The van der Waals surface area contributed by atoms with Gasteiger partial charge in [0.25, 0.3) is 0 Å². The maximum atomic E-state index is 13.6. The van der Waals surface area contributed by atoms with Gasteiger partial charge in [-0.2, -0.15) is 0 Å². The minimum atomic E-state index is -0.431. The van der Waals surface area contributed by atoms with Gasteiger partial charge in [0.2, 0.25) is 5.88 Å². The van der Waals surface area contributed by atoms with Gasteiger partial charge >= 0.3 is 0 Å². The molecular formula is C11H11FN2O2. The van der Waals surface area contributed by atoms with Gasteiger partial charge in [-0.05, 0) is 24.6 Å². The summed E-state index contributed by atoms with van der Waals surface area (Å²) in [4.78, 5) is 0. The molecule has 0 aliphatic heterocycles. The second-order valence-electron chi connectivity index (χ2n) is 3.42. The van der Waals surface area contributed by atoms with Crippen LogP contribution in [0.2, 0.25) is 0 Å². The normalized spacial score (nSPS) is 10.4. The Hall–Kier alpha value is -2.04. The second-order valence-corrected chi connectivity index (χ2v) is 3.42. The fourth-order valence-corrected chi connectivity index (χ4v) is 1.56. The summed E-state index contributed by atoms with van der Waals surface area (Å²) >= 11 is 0. The van der Waals surface area contributed by atoms with E-state index in [0.29, 0.717) is 16.8 Å². The molecule has 4 nitrogen and oxygen atoms in total. The van der Waals surface area contributed by atoms with E-state index in [1.807, 2.05) is 0 Å². The first kappa shape index (κ1) is 10.5. The molecule has 5 heteroatoms. The van der Waals surface area contributed by atoms with Crippen LogP contribution in [0.25, 0.3) is 11.3 Å². The Bertz CT molecular complexity index is 499. The highest BCUT2D eigenvalue weighted by Gasteiger charge is 2.11. The molecule has 1 aromatic heterocycles. The van der Waals surface area contributed by atoms with Crippen molar-refractivity contribution in [3.8, 4) is 17.0 Å². The predicted octanol–water partition coefficient (Wildman–Crippen LogP) is 2.38. The van der Waals surface area contributed by atoms with Crippen LogP contribution in [0.15, 0.2) is 22.7 Å². The van der Waals surface area contributed by atoms with Gasteiger partial charge in [-0.15, -0.1) is 0 Å².